The molecule has 1 aromatic heterocycles. The van der Waals surface area contributed by atoms with Crippen LogP contribution in [0.1, 0.15) is 27.4 Å². The summed E-state index contributed by atoms with van der Waals surface area (Å²) in [4.78, 5) is 9.78. The molecule has 0 spiro atoms. The fourth-order valence-electron chi connectivity index (χ4n) is 2.34. The van der Waals surface area contributed by atoms with E-state index in [1.54, 1.807) is 18.4 Å². The second-order valence-electron chi connectivity index (χ2n) is 5.64. The van der Waals surface area contributed by atoms with Gasteiger partial charge in [-0.2, -0.15) is 0 Å². The minimum absolute atomic E-state index is 0. The van der Waals surface area contributed by atoms with E-state index in [0.29, 0.717) is 13.2 Å². The van der Waals surface area contributed by atoms with Gasteiger partial charge in [0.05, 0.1) is 13.2 Å². The normalized spacial score (nSPS) is 11.0. The standard InChI is InChI=1S/C18H26N4OS.HI/c1-13-7-5-8-14(2)17(13)23-10-6-9-20-18(19-4)22-12-16-21-11-15(3)24-16;/h5,7-8,11H,6,9-10,12H2,1-4H3,(H2,19,20,22);1H. The second-order valence-corrected chi connectivity index (χ2v) is 6.96. The van der Waals surface area contributed by atoms with Crippen LogP contribution in [0.2, 0.25) is 0 Å². The number of nitrogens with zero attached hydrogens (tertiary/aromatic N) is 2. The van der Waals surface area contributed by atoms with E-state index >= 15 is 0 Å². The van der Waals surface area contributed by atoms with Gasteiger partial charge in [-0.15, -0.1) is 35.3 Å². The molecule has 0 atom stereocenters. The van der Waals surface area contributed by atoms with E-state index in [0.717, 1.165) is 29.7 Å². The second kappa shape index (κ2) is 11.3. The summed E-state index contributed by atoms with van der Waals surface area (Å²) in [6.07, 6.45) is 2.80. The first-order chi connectivity index (χ1) is 11.6. The van der Waals surface area contributed by atoms with E-state index < -0.39 is 0 Å². The number of nitrogens with one attached hydrogen (secondary N) is 2. The summed E-state index contributed by atoms with van der Waals surface area (Å²) in [5.41, 5.74) is 2.36. The van der Waals surface area contributed by atoms with Crippen LogP contribution in [-0.4, -0.2) is 31.1 Å². The third-order valence-electron chi connectivity index (χ3n) is 3.57. The van der Waals surface area contributed by atoms with E-state index in [9.17, 15) is 0 Å². The van der Waals surface area contributed by atoms with Gasteiger partial charge in [0, 0.05) is 24.7 Å². The van der Waals surface area contributed by atoms with Crippen molar-refractivity contribution in [2.75, 3.05) is 20.2 Å². The molecule has 1 heterocycles. The van der Waals surface area contributed by atoms with Crippen molar-refractivity contribution in [2.24, 2.45) is 4.99 Å². The Morgan fingerprint density at radius 3 is 2.52 bits per heavy atom. The summed E-state index contributed by atoms with van der Waals surface area (Å²) in [6.45, 7) is 8.39. The highest BCUT2D eigenvalue weighted by atomic mass is 127. The maximum absolute atomic E-state index is 5.91. The van der Waals surface area contributed by atoms with Crippen LogP contribution >= 0.6 is 35.3 Å². The van der Waals surface area contributed by atoms with E-state index in [4.69, 9.17) is 4.74 Å². The van der Waals surface area contributed by atoms with Crippen molar-refractivity contribution in [3.05, 3.63) is 45.4 Å². The number of para-hydroxylation sites is 1. The topological polar surface area (TPSA) is 58.5 Å². The number of aromatic nitrogens is 1. The number of aliphatic imine (C=N–C) groups is 1. The Kier molecular flexibility index (Phi) is 9.81. The molecule has 1 aromatic carbocycles. The minimum Gasteiger partial charge on any atom is -0.493 e. The van der Waals surface area contributed by atoms with Crippen molar-refractivity contribution in [2.45, 2.75) is 33.7 Å². The molecule has 2 aromatic rings. The first-order valence-electron chi connectivity index (χ1n) is 8.15. The van der Waals surface area contributed by atoms with Crippen LogP contribution < -0.4 is 15.4 Å². The van der Waals surface area contributed by atoms with Gasteiger partial charge in [0.25, 0.3) is 0 Å². The van der Waals surface area contributed by atoms with Gasteiger partial charge in [0.2, 0.25) is 0 Å². The number of hydrogen-bond acceptors (Lipinski definition) is 4. The molecule has 0 aliphatic heterocycles. The van der Waals surface area contributed by atoms with Crippen LogP contribution in [0.3, 0.4) is 0 Å². The number of aryl methyl sites for hydroxylation is 3. The number of hydrogen-bond donors (Lipinski definition) is 2. The summed E-state index contributed by atoms with van der Waals surface area (Å²) >= 11 is 1.70. The zero-order valence-electron chi connectivity index (χ0n) is 15.3. The zero-order chi connectivity index (χ0) is 17.4. The highest BCUT2D eigenvalue weighted by Gasteiger charge is 2.04. The Bertz CT molecular complexity index is 667. The predicted octanol–water partition coefficient (Wildman–Crippen LogP) is 3.82. The fraction of sp³-hybridized carbons (Fsp3) is 0.444. The van der Waals surface area contributed by atoms with E-state index in [-0.39, 0.29) is 24.0 Å². The van der Waals surface area contributed by atoms with Crippen LogP contribution in [0.4, 0.5) is 0 Å². The molecule has 2 N–H and O–H groups in total. The molecule has 0 radical (unpaired) electrons. The van der Waals surface area contributed by atoms with Crippen molar-refractivity contribution in [3.63, 3.8) is 0 Å². The van der Waals surface area contributed by atoms with E-state index in [1.807, 2.05) is 6.20 Å². The van der Waals surface area contributed by atoms with Gasteiger partial charge >= 0.3 is 0 Å². The van der Waals surface area contributed by atoms with Crippen LogP contribution in [0, 0.1) is 20.8 Å². The smallest absolute Gasteiger partial charge is 0.191 e. The maximum atomic E-state index is 5.91. The fourth-order valence-corrected chi connectivity index (χ4v) is 3.07. The Balaban J connectivity index is 0.00000312. The molecule has 5 nitrogen and oxygen atoms in total. The highest BCUT2D eigenvalue weighted by Crippen LogP contribution is 2.22. The molecule has 2 rings (SSSR count). The maximum Gasteiger partial charge on any atom is 0.191 e. The molecule has 25 heavy (non-hydrogen) atoms. The van der Waals surface area contributed by atoms with Gasteiger partial charge in [0.15, 0.2) is 5.96 Å². The zero-order valence-corrected chi connectivity index (χ0v) is 18.4. The lowest BCUT2D eigenvalue weighted by molar-refractivity contribution is 0.307. The largest absolute Gasteiger partial charge is 0.493 e. The number of benzene rings is 1. The number of guanidine groups is 1. The van der Waals surface area contributed by atoms with Gasteiger partial charge in [-0.3, -0.25) is 4.99 Å². The number of ether oxygens (including phenoxy) is 1. The van der Waals surface area contributed by atoms with Crippen molar-refractivity contribution < 1.29 is 4.74 Å². The van der Waals surface area contributed by atoms with Crippen molar-refractivity contribution in [1.82, 2.24) is 15.6 Å². The molecule has 0 bridgehead atoms. The molecular weight excluding hydrogens is 447 g/mol. The average molecular weight is 474 g/mol. The Hall–Kier alpha value is -1.35. The predicted molar refractivity (Wildman–Crippen MR) is 116 cm³/mol. The Labute approximate surface area is 171 Å². The SMILES string of the molecule is CN=C(NCCCOc1c(C)cccc1C)NCc1ncc(C)s1.I. The summed E-state index contributed by atoms with van der Waals surface area (Å²) in [7, 11) is 1.77. The van der Waals surface area contributed by atoms with Gasteiger partial charge < -0.3 is 15.4 Å². The van der Waals surface area contributed by atoms with E-state index in [1.165, 1.54) is 16.0 Å². The number of halogens is 1. The first-order valence-corrected chi connectivity index (χ1v) is 8.96. The van der Waals surface area contributed by atoms with Gasteiger partial charge in [-0.25, -0.2) is 4.98 Å². The number of rotatable bonds is 7. The van der Waals surface area contributed by atoms with Crippen molar-refractivity contribution in [3.8, 4) is 5.75 Å². The number of thiazole rings is 1. The third kappa shape index (κ3) is 7.19. The van der Waals surface area contributed by atoms with E-state index in [2.05, 4.69) is 59.6 Å². The van der Waals surface area contributed by atoms with Crippen molar-refractivity contribution in [1.29, 1.82) is 0 Å². The summed E-state index contributed by atoms with van der Waals surface area (Å²) in [5.74, 6) is 1.79. The molecule has 7 heteroatoms. The monoisotopic (exact) mass is 474 g/mol. The molecule has 0 amide bonds. The summed E-state index contributed by atoms with van der Waals surface area (Å²) < 4.78 is 5.91. The van der Waals surface area contributed by atoms with Gasteiger partial charge in [0.1, 0.15) is 10.8 Å². The summed E-state index contributed by atoms with van der Waals surface area (Å²) in [6, 6.07) is 6.21. The Morgan fingerprint density at radius 1 is 1.20 bits per heavy atom. The lowest BCUT2D eigenvalue weighted by Gasteiger charge is -2.13. The van der Waals surface area contributed by atoms with Crippen LogP contribution in [0.15, 0.2) is 29.4 Å². The Morgan fingerprint density at radius 2 is 1.92 bits per heavy atom. The minimum atomic E-state index is 0. The molecule has 0 unspecified atom stereocenters. The molecule has 0 fully saturated rings. The van der Waals surface area contributed by atoms with Gasteiger partial charge in [-0.1, -0.05) is 18.2 Å². The lowest BCUT2D eigenvalue weighted by atomic mass is 10.1. The van der Waals surface area contributed by atoms with Crippen LogP contribution in [0.5, 0.6) is 5.75 Å². The molecule has 138 valence electrons. The molecule has 0 aliphatic carbocycles. The quantitative estimate of drug-likeness (QED) is 0.277. The molecule has 0 aliphatic rings. The summed E-state index contributed by atoms with van der Waals surface area (Å²) in [5, 5.41) is 7.63. The van der Waals surface area contributed by atoms with Crippen molar-refractivity contribution >= 4 is 41.3 Å². The molecule has 0 saturated carbocycles. The third-order valence-corrected chi connectivity index (χ3v) is 4.48. The first kappa shape index (κ1) is 21.7. The average Bonchev–Trinajstić information content (AvgIpc) is 2.98. The van der Waals surface area contributed by atoms with Crippen LogP contribution in [-0.2, 0) is 6.54 Å². The molecule has 0 saturated heterocycles. The van der Waals surface area contributed by atoms with Crippen LogP contribution in [0.25, 0.3) is 0 Å². The molecular formula is C18H27IN4OS. The van der Waals surface area contributed by atoms with Gasteiger partial charge in [-0.05, 0) is 38.3 Å². The lowest BCUT2D eigenvalue weighted by Crippen LogP contribution is -2.37. The highest BCUT2D eigenvalue weighted by molar-refractivity contribution is 14.0.